The van der Waals surface area contributed by atoms with Crippen LogP contribution in [-0.2, 0) is 6.61 Å². The number of carbonyl (C=O) groups excluding carboxylic acids is 1. The zero-order valence-corrected chi connectivity index (χ0v) is 17.7. The molecule has 0 radical (unpaired) electrons. The number of nitrogens with one attached hydrogen (secondary N) is 1. The molecule has 7 nitrogen and oxygen atoms in total. The van der Waals surface area contributed by atoms with Gasteiger partial charge in [-0.15, -0.1) is 0 Å². The fourth-order valence-corrected chi connectivity index (χ4v) is 3.09. The molecule has 0 spiro atoms. The quantitative estimate of drug-likeness (QED) is 0.426. The van der Waals surface area contributed by atoms with Gasteiger partial charge in [-0.1, -0.05) is 12.1 Å². The third-order valence-electron chi connectivity index (χ3n) is 4.70. The van der Waals surface area contributed by atoms with Crippen molar-refractivity contribution in [1.82, 2.24) is 5.43 Å². The molecule has 7 heteroatoms. The number of fused-ring (bicyclic) bond motifs is 1. The highest BCUT2D eigenvalue weighted by atomic mass is 16.6. The monoisotopic (exact) mass is 432 g/mol. The van der Waals surface area contributed by atoms with E-state index in [0.717, 1.165) is 22.6 Å². The Morgan fingerprint density at radius 1 is 0.938 bits per heavy atom. The summed E-state index contributed by atoms with van der Waals surface area (Å²) in [6, 6.07) is 20.2. The minimum absolute atomic E-state index is 0.294. The summed E-state index contributed by atoms with van der Waals surface area (Å²) in [7, 11) is 0. The summed E-state index contributed by atoms with van der Waals surface area (Å²) in [5, 5.41) is 4.03. The van der Waals surface area contributed by atoms with Gasteiger partial charge in [-0.2, -0.15) is 5.10 Å². The Bertz CT molecular complexity index is 1080. The lowest BCUT2D eigenvalue weighted by Crippen LogP contribution is -2.17. The predicted molar refractivity (Wildman–Crippen MR) is 121 cm³/mol. The molecular formula is C25H24N2O5. The van der Waals surface area contributed by atoms with E-state index in [1.54, 1.807) is 18.3 Å². The Hall–Kier alpha value is -4.00. The first-order valence-electron chi connectivity index (χ1n) is 10.4. The lowest BCUT2D eigenvalue weighted by Gasteiger charge is -2.18. The zero-order valence-electron chi connectivity index (χ0n) is 17.7. The summed E-state index contributed by atoms with van der Waals surface area (Å²) in [6.45, 7) is 4.04. The first-order valence-corrected chi connectivity index (χ1v) is 10.4. The van der Waals surface area contributed by atoms with Crippen LogP contribution < -0.4 is 24.4 Å². The highest BCUT2D eigenvalue weighted by Gasteiger charge is 2.11. The highest BCUT2D eigenvalue weighted by Crippen LogP contribution is 2.30. The molecule has 1 aliphatic heterocycles. The van der Waals surface area contributed by atoms with Gasteiger partial charge in [-0.25, -0.2) is 5.43 Å². The van der Waals surface area contributed by atoms with E-state index in [2.05, 4.69) is 10.5 Å². The molecule has 0 unspecified atom stereocenters. The van der Waals surface area contributed by atoms with Crippen molar-refractivity contribution in [2.24, 2.45) is 5.10 Å². The molecule has 0 saturated carbocycles. The second-order valence-corrected chi connectivity index (χ2v) is 6.99. The first kappa shape index (κ1) is 21.2. The van der Waals surface area contributed by atoms with Gasteiger partial charge in [-0.05, 0) is 72.6 Å². The molecule has 0 aliphatic carbocycles. The Balaban J connectivity index is 1.27. The van der Waals surface area contributed by atoms with Crippen molar-refractivity contribution in [3.63, 3.8) is 0 Å². The average Bonchev–Trinajstić information content (AvgIpc) is 2.84. The number of hydrogen-bond donors (Lipinski definition) is 1. The van der Waals surface area contributed by atoms with E-state index in [-0.39, 0.29) is 5.91 Å². The van der Waals surface area contributed by atoms with Crippen molar-refractivity contribution < 1.29 is 23.7 Å². The average molecular weight is 432 g/mol. The largest absolute Gasteiger partial charge is 0.494 e. The number of nitrogens with zero attached hydrogens (tertiary/aromatic N) is 1. The molecule has 1 aliphatic rings. The Kier molecular flexibility index (Phi) is 6.87. The third kappa shape index (κ3) is 5.57. The number of hydrazone groups is 1. The van der Waals surface area contributed by atoms with E-state index >= 15 is 0 Å². The Labute approximate surface area is 186 Å². The zero-order chi connectivity index (χ0) is 22.2. The summed E-state index contributed by atoms with van der Waals surface area (Å²) in [6.07, 6.45) is 1.56. The second-order valence-electron chi connectivity index (χ2n) is 6.99. The Morgan fingerprint density at radius 2 is 1.62 bits per heavy atom. The number of rotatable bonds is 8. The maximum atomic E-state index is 12.3. The number of benzene rings is 3. The molecule has 1 heterocycles. The first-order chi connectivity index (χ1) is 15.7. The number of ether oxygens (including phenoxy) is 4. The molecule has 0 bridgehead atoms. The fourth-order valence-electron chi connectivity index (χ4n) is 3.09. The highest BCUT2D eigenvalue weighted by molar-refractivity contribution is 5.94. The van der Waals surface area contributed by atoms with Gasteiger partial charge in [0.05, 0.1) is 12.8 Å². The van der Waals surface area contributed by atoms with Crippen molar-refractivity contribution in [2.45, 2.75) is 13.5 Å². The van der Waals surface area contributed by atoms with Crippen LogP contribution in [0.25, 0.3) is 0 Å². The summed E-state index contributed by atoms with van der Waals surface area (Å²) >= 11 is 0. The van der Waals surface area contributed by atoms with Crippen LogP contribution in [0.5, 0.6) is 23.0 Å². The molecule has 3 aromatic carbocycles. The molecule has 1 amide bonds. The maximum absolute atomic E-state index is 12.3. The van der Waals surface area contributed by atoms with Gasteiger partial charge < -0.3 is 18.9 Å². The van der Waals surface area contributed by atoms with Crippen LogP contribution in [0, 0.1) is 0 Å². The van der Waals surface area contributed by atoms with Gasteiger partial charge in [0.25, 0.3) is 5.91 Å². The van der Waals surface area contributed by atoms with Crippen molar-refractivity contribution in [2.75, 3.05) is 19.8 Å². The molecule has 0 fully saturated rings. The predicted octanol–water partition coefficient (Wildman–Crippen LogP) is 4.20. The lowest BCUT2D eigenvalue weighted by molar-refractivity contribution is 0.0955. The van der Waals surface area contributed by atoms with E-state index in [4.69, 9.17) is 18.9 Å². The molecule has 3 aromatic rings. The summed E-state index contributed by atoms with van der Waals surface area (Å²) in [4.78, 5) is 12.3. The van der Waals surface area contributed by atoms with Crippen LogP contribution in [0.3, 0.4) is 0 Å². The standard InChI is InChI=1S/C25H24N2O5/c1-2-29-21-8-10-22(11-9-21)32-17-18-3-6-20(7-4-18)25(28)27-26-16-19-5-12-23-24(15-19)31-14-13-30-23/h3-12,15-16H,2,13-14,17H2,1H3,(H,27,28). The second kappa shape index (κ2) is 10.3. The Morgan fingerprint density at radius 3 is 2.34 bits per heavy atom. The van der Waals surface area contributed by atoms with Gasteiger partial charge in [0.1, 0.15) is 31.3 Å². The van der Waals surface area contributed by atoms with Crippen molar-refractivity contribution in [3.05, 3.63) is 83.4 Å². The fraction of sp³-hybridized carbons (Fsp3) is 0.200. The van der Waals surface area contributed by atoms with Gasteiger partial charge in [-0.3, -0.25) is 4.79 Å². The molecule has 164 valence electrons. The minimum atomic E-state index is -0.294. The molecule has 32 heavy (non-hydrogen) atoms. The lowest BCUT2D eigenvalue weighted by atomic mass is 10.1. The van der Waals surface area contributed by atoms with Crippen LogP contribution in [-0.4, -0.2) is 31.9 Å². The van der Waals surface area contributed by atoms with Gasteiger partial charge in [0.15, 0.2) is 11.5 Å². The van der Waals surface area contributed by atoms with Crippen LogP contribution in [0.2, 0.25) is 0 Å². The van der Waals surface area contributed by atoms with Crippen LogP contribution in [0.15, 0.2) is 71.8 Å². The van der Waals surface area contributed by atoms with Crippen molar-refractivity contribution in [1.29, 1.82) is 0 Å². The van der Waals surface area contributed by atoms with Gasteiger partial charge in [0.2, 0.25) is 0 Å². The van der Waals surface area contributed by atoms with Crippen LogP contribution >= 0.6 is 0 Å². The van der Waals surface area contributed by atoms with Gasteiger partial charge >= 0.3 is 0 Å². The number of amides is 1. The maximum Gasteiger partial charge on any atom is 0.271 e. The summed E-state index contributed by atoms with van der Waals surface area (Å²) in [5.74, 6) is 2.66. The smallest absolute Gasteiger partial charge is 0.271 e. The number of hydrogen-bond acceptors (Lipinski definition) is 6. The van der Waals surface area contributed by atoms with E-state index in [1.165, 1.54) is 0 Å². The molecule has 0 aromatic heterocycles. The van der Waals surface area contributed by atoms with Crippen molar-refractivity contribution >= 4 is 12.1 Å². The SMILES string of the molecule is CCOc1ccc(OCc2ccc(C(=O)NN=Cc3ccc4c(c3)OCCO4)cc2)cc1. The molecule has 0 saturated heterocycles. The van der Waals surface area contributed by atoms with Crippen molar-refractivity contribution in [3.8, 4) is 23.0 Å². The summed E-state index contributed by atoms with van der Waals surface area (Å²) in [5.41, 5.74) is 4.80. The van der Waals surface area contributed by atoms with E-state index < -0.39 is 0 Å². The van der Waals surface area contributed by atoms with Crippen LogP contribution in [0.1, 0.15) is 28.4 Å². The van der Waals surface area contributed by atoms with E-state index in [1.807, 2.05) is 61.5 Å². The molecule has 4 rings (SSSR count). The number of carbonyl (C=O) groups is 1. The normalized spacial score (nSPS) is 12.4. The van der Waals surface area contributed by atoms with E-state index in [9.17, 15) is 4.79 Å². The molecule has 0 atom stereocenters. The molecule has 1 N–H and O–H groups in total. The van der Waals surface area contributed by atoms with E-state index in [0.29, 0.717) is 43.5 Å². The topological polar surface area (TPSA) is 78.4 Å². The minimum Gasteiger partial charge on any atom is -0.494 e. The van der Waals surface area contributed by atoms with Gasteiger partial charge in [0, 0.05) is 5.56 Å². The van der Waals surface area contributed by atoms with Crippen LogP contribution in [0.4, 0.5) is 0 Å². The summed E-state index contributed by atoms with van der Waals surface area (Å²) < 4.78 is 22.2. The molecular weight excluding hydrogens is 408 g/mol. The third-order valence-corrected chi connectivity index (χ3v) is 4.70.